The quantitative estimate of drug-likeness (QED) is 0.0245. The summed E-state index contributed by atoms with van der Waals surface area (Å²) in [7, 11) is 0. The Morgan fingerprint density at radius 2 is 0.919 bits per heavy atom. The van der Waals surface area contributed by atoms with Crippen molar-refractivity contribution in [2.24, 2.45) is 0 Å². The summed E-state index contributed by atoms with van der Waals surface area (Å²) in [6.45, 7) is -0.868. The van der Waals surface area contributed by atoms with Gasteiger partial charge < -0.3 is 43.2 Å². The van der Waals surface area contributed by atoms with Gasteiger partial charge in [-0.15, -0.1) is 0 Å². The monoisotopic (exact) mass is 1020 g/mol. The number of amides is 1. The summed E-state index contributed by atoms with van der Waals surface area (Å²) in [4.78, 5) is 27.9. The van der Waals surface area contributed by atoms with E-state index in [1.807, 2.05) is 170 Å². The molecule has 11 nitrogen and oxygen atoms in total. The fourth-order valence-electron chi connectivity index (χ4n) is 8.87. The Balaban J connectivity index is 1.03. The standard InChI is InChI=1S/C58H50F5NO10/c59-47-48(60)50(62)53(51(63)49(47)61)74-56(65)45(64-58(66)72-33-44-42-27-15-13-25-40(42)41-26-14-16-28-43(41)44)34-71-57-55(70-32-39-23-11-4-12-24-39)54(69-31-38-21-9-3-10-22-38)52(68-30-37-19-7-2-8-20-37)46(73-57)35-67-29-36-17-5-1-6-18-36/h1-28,44-46,52,54-55,57H,29-35H2,(H,64,66)/t45-,46+,52+,54-,55-,57-/m0/s1. The Morgan fingerprint density at radius 1 is 0.486 bits per heavy atom. The van der Waals surface area contributed by atoms with Gasteiger partial charge in [-0.25, -0.2) is 22.8 Å². The van der Waals surface area contributed by atoms with Crippen molar-refractivity contribution in [2.75, 3.05) is 19.8 Å². The number of fused-ring (bicyclic) bond motifs is 3. The molecule has 1 fully saturated rings. The van der Waals surface area contributed by atoms with E-state index in [-0.39, 0.29) is 39.6 Å². The molecule has 1 aliphatic heterocycles. The number of hydrogen-bond acceptors (Lipinski definition) is 10. The summed E-state index contributed by atoms with van der Waals surface area (Å²) < 4.78 is 123. The van der Waals surface area contributed by atoms with Crippen LogP contribution >= 0.6 is 0 Å². The molecule has 7 aromatic rings. The zero-order valence-electron chi connectivity index (χ0n) is 39.6. The Bertz CT molecular complexity index is 2900. The molecular formula is C58H50F5NO10. The van der Waals surface area contributed by atoms with E-state index >= 15 is 8.78 Å². The zero-order chi connectivity index (χ0) is 51.4. The third-order valence-electron chi connectivity index (χ3n) is 12.6. The summed E-state index contributed by atoms with van der Waals surface area (Å²) in [6, 6.07) is 50.4. The molecule has 7 aromatic carbocycles. The van der Waals surface area contributed by atoms with Gasteiger partial charge in [0.2, 0.25) is 34.8 Å². The average Bonchev–Trinajstić information content (AvgIpc) is 3.76. The van der Waals surface area contributed by atoms with Gasteiger partial charge in [-0.3, -0.25) is 0 Å². The van der Waals surface area contributed by atoms with E-state index in [4.69, 9.17) is 37.9 Å². The summed E-state index contributed by atoms with van der Waals surface area (Å²) in [5.74, 6) is -16.0. The maximum absolute atomic E-state index is 15.1. The van der Waals surface area contributed by atoms with Crippen LogP contribution in [0.5, 0.6) is 5.75 Å². The van der Waals surface area contributed by atoms with Gasteiger partial charge in [-0.05, 0) is 44.5 Å². The first-order valence-corrected chi connectivity index (χ1v) is 23.8. The van der Waals surface area contributed by atoms with Gasteiger partial charge in [-0.2, -0.15) is 8.78 Å². The molecule has 0 bridgehead atoms. The van der Waals surface area contributed by atoms with Gasteiger partial charge in [-0.1, -0.05) is 170 Å². The first-order chi connectivity index (χ1) is 36.1. The van der Waals surface area contributed by atoms with Crippen molar-refractivity contribution in [3.05, 3.63) is 232 Å². The number of carbonyl (C=O) groups is 2. The van der Waals surface area contributed by atoms with Gasteiger partial charge in [0, 0.05) is 5.92 Å². The minimum atomic E-state index is -2.47. The fourth-order valence-corrected chi connectivity index (χ4v) is 8.87. The molecule has 2 aliphatic rings. The molecule has 0 unspecified atom stereocenters. The highest BCUT2D eigenvalue weighted by Crippen LogP contribution is 2.44. The highest BCUT2D eigenvalue weighted by molar-refractivity contribution is 5.83. The molecule has 1 aliphatic carbocycles. The second-order valence-electron chi connectivity index (χ2n) is 17.5. The van der Waals surface area contributed by atoms with Crippen LogP contribution in [0.2, 0.25) is 0 Å². The van der Waals surface area contributed by atoms with E-state index in [1.165, 1.54) is 0 Å². The zero-order valence-corrected chi connectivity index (χ0v) is 39.6. The number of hydrogen-bond donors (Lipinski definition) is 1. The van der Waals surface area contributed by atoms with Gasteiger partial charge in [0.05, 0.1) is 39.6 Å². The second kappa shape index (κ2) is 24.6. The van der Waals surface area contributed by atoms with Crippen LogP contribution in [-0.4, -0.2) is 68.6 Å². The van der Waals surface area contributed by atoms with E-state index < -0.39 is 96.2 Å². The van der Waals surface area contributed by atoms with Crippen LogP contribution in [0.3, 0.4) is 0 Å². The van der Waals surface area contributed by atoms with Crippen LogP contribution in [-0.2, 0) is 64.4 Å². The van der Waals surface area contributed by atoms with Crippen molar-refractivity contribution in [1.82, 2.24) is 5.32 Å². The lowest BCUT2D eigenvalue weighted by atomic mass is 9.97. The number of esters is 1. The topological polar surface area (TPSA) is 120 Å². The number of nitrogens with one attached hydrogen (secondary N) is 1. The van der Waals surface area contributed by atoms with Gasteiger partial charge in [0.15, 0.2) is 12.3 Å². The first-order valence-electron chi connectivity index (χ1n) is 23.8. The van der Waals surface area contributed by atoms with Crippen LogP contribution in [0.15, 0.2) is 170 Å². The van der Waals surface area contributed by atoms with E-state index in [0.717, 1.165) is 44.5 Å². The Kier molecular flexibility index (Phi) is 17.2. The van der Waals surface area contributed by atoms with E-state index in [2.05, 4.69) is 5.32 Å². The predicted molar refractivity (Wildman–Crippen MR) is 260 cm³/mol. The number of halogens is 5. The number of benzene rings is 7. The number of carbonyl (C=O) groups excluding carboxylic acids is 2. The maximum atomic E-state index is 15.1. The molecule has 0 aromatic heterocycles. The molecule has 382 valence electrons. The van der Waals surface area contributed by atoms with E-state index in [9.17, 15) is 22.8 Å². The number of ether oxygens (including phenoxy) is 8. The lowest BCUT2D eigenvalue weighted by Crippen LogP contribution is -2.62. The van der Waals surface area contributed by atoms with E-state index in [0.29, 0.717) is 0 Å². The van der Waals surface area contributed by atoms with Crippen molar-refractivity contribution < 1.29 is 69.4 Å². The molecule has 1 saturated heterocycles. The molecule has 9 rings (SSSR count). The summed E-state index contributed by atoms with van der Waals surface area (Å²) in [5.41, 5.74) is 6.90. The average molecular weight is 1020 g/mol. The molecule has 6 atom stereocenters. The van der Waals surface area contributed by atoms with Crippen molar-refractivity contribution in [2.45, 2.75) is 69.1 Å². The van der Waals surface area contributed by atoms with Crippen LogP contribution < -0.4 is 10.1 Å². The third kappa shape index (κ3) is 12.4. The lowest BCUT2D eigenvalue weighted by molar-refractivity contribution is -0.328. The summed E-state index contributed by atoms with van der Waals surface area (Å²) in [5, 5.41) is 2.33. The SMILES string of the molecule is O=C(N[C@@H](CO[C@H]1O[C@H](COCc2ccccc2)[C@@H](OCc2ccccc2)[C@H](OCc2ccccc2)[C@@H]1OCc1ccccc1)C(=O)Oc1c(F)c(F)c(F)c(F)c1F)OCC1c2ccccc2-c2ccccc21. The van der Waals surface area contributed by atoms with Crippen molar-refractivity contribution in [3.63, 3.8) is 0 Å². The number of alkyl carbamates (subject to hydrolysis) is 1. The maximum Gasteiger partial charge on any atom is 0.407 e. The Hall–Kier alpha value is -7.31. The molecule has 1 heterocycles. The summed E-state index contributed by atoms with van der Waals surface area (Å²) >= 11 is 0. The van der Waals surface area contributed by atoms with Crippen molar-refractivity contribution in [1.29, 1.82) is 0 Å². The van der Waals surface area contributed by atoms with E-state index in [1.54, 1.807) is 0 Å². The summed E-state index contributed by atoms with van der Waals surface area (Å²) in [6.07, 6.45) is -6.79. The highest BCUT2D eigenvalue weighted by Gasteiger charge is 2.50. The molecule has 16 heteroatoms. The molecular weight excluding hydrogens is 966 g/mol. The van der Waals surface area contributed by atoms with Crippen LogP contribution in [0.4, 0.5) is 26.7 Å². The van der Waals surface area contributed by atoms with Crippen LogP contribution in [0.1, 0.15) is 39.3 Å². The van der Waals surface area contributed by atoms with Crippen LogP contribution in [0, 0.1) is 29.1 Å². The molecule has 1 N–H and O–H groups in total. The second-order valence-corrected chi connectivity index (χ2v) is 17.5. The minimum Gasteiger partial charge on any atom is -0.449 e. The van der Waals surface area contributed by atoms with Crippen molar-refractivity contribution >= 4 is 12.1 Å². The molecule has 1 amide bonds. The Morgan fingerprint density at radius 3 is 1.43 bits per heavy atom. The molecule has 0 saturated carbocycles. The van der Waals surface area contributed by atoms with Crippen molar-refractivity contribution in [3.8, 4) is 16.9 Å². The van der Waals surface area contributed by atoms with Gasteiger partial charge in [0.25, 0.3) is 0 Å². The molecule has 0 radical (unpaired) electrons. The third-order valence-corrected chi connectivity index (χ3v) is 12.6. The smallest absolute Gasteiger partial charge is 0.407 e. The van der Waals surface area contributed by atoms with Crippen LogP contribution in [0.25, 0.3) is 11.1 Å². The fraction of sp³-hybridized carbons (Fsp3) is 0.241. The lowest BCUT2D eigenvalue weighted by Gasteiger charge is -2.46. The first kappa shape index (κ1) is 51.6. The largest absolute Gasteiger partial charge is 0.449 e. The molecule has 74 heavy (non-hydrogen) atoms. The molecule has 0 spiro atoms. The predicted octanol–water partition coefficient (Wildman–Crippen LogP) is 10.9. The number of rotatable bonds is 21. The van der Waals surface area contributed by atoms with Gasteiger partial charge in [0.1, 0.15) is 31.0 Å². The van der Waals surface area contributed by atoms with Gasteiger partial charge >= 0.3 is 12.1 Å². The highest BCUT2D eigenvalue weighted by atomic mass is 19.2. The Labute approximate surface area is 423 Å². The minimum absolute atomic E-state index is 0.00970. The normalized spacial score (nSPS) is 18.5.